The summed E-state index contributed by atoms with van der Waals surface area (Å²) in [4.78, 5) is 44.5. The Labute approximate surface area is 265 Å². The summed E-state index contributed by atoms with van der Waals surface area (Å²) < 4.78 is 14.6. The first-order valence-corrected chi connectivity index (χ1v) is 15.6. The van der Waals surface area contributed by atoms with Crippen molar-refractivity contribution in [2.75, 3.05) is 20.3 Å². The molecule has 0 radical (unpaired) electrons. The second-order valence-corrected chi connectivity index (χ2v) is 13.8. The van der Waals surface area contributed by atoms with Gasteiger partial charge in [0.25, 0.3) is 0 Å². The largest absolute Gasteiger partial charge is 0.481 e. The number of methoxy groups -OCH3 is 1. The zero-order chi connectivity index (χ0) is 33.5. The van der Waals surface area contributed by atoms with Gasteiger partial charge in [-0.05, 0) is 96.3 Å². The third kappa shape index (κ3) is 8.72. The van der Waals surface area contributed by atoms with Gasteiger partial charge in [0.2, 0.25) is 0 Å². The van der Waals surface area contributed by atoms with Gasteiger partial charge >= 0.3 is 23.9 Å². The average molecular weight is 626 g/mol. The number of aliphatic hydroxyl groups is 1. The van der Waals surface area contributed by atoms with Crippen molar-refractivity contribution in [1.82, 2.24) is 0 Å². The van der Waals surface area contributed by atoms with E-state index in [1.807, 2.05) is 32.9 Å². The number of allylic oxidation sites excluding steroid dienone is 3. The van der Waals surface area contributed by atoms with Crippen molar-refractivity contribution in [3.63, 3.8) is 0 Å². The molecular formula is C35H47NO9. The number of ether oxygens (including phenoxy) is 3. The van der Waals surface area contributed by atoms with Crippen molar-refractivity contribution in [2.24, 2.45) is 34.0 Å². The van der Waals surface area contributed by atoms with Crippen LogP contribution in [-0.2, 0) is 33.4 Å². The van der Waals surface area contributed by atoms with Gasteiger partial charge in [-0.3, -0.25) is 14.4 Å². The molecule has 3 fully saturated rings. The number of carbonyl (C=O) groups is 4. The van der Waals surface area contributed by atoms with Crippen LogP contribution in [0.1, 0.15) is 78.6 Å². The molecule has 0 spiro atoms. The summed E-state index contributed by atoms with van der Waals surface area (Å²) in [6.07, 6.45) is 21.1. The maximum atomic E-state index is 12.0. The molecule has 45 heavy (non-hydrogen) atoms. The Kier molecular flexibility index (Phi) is 11.6. The molecule has 10 nitrogen and oxygen atoms in total. The molecule has 6 atom stereocenters. The lowest BCUT2D eigenvalue weighted by Gasteiger charge is -2.27. The highest BCUT2D eigenvalue weighted by molar-refractivity contribution is 5.91. The van der Waals surface area contributed by atoms with Crippen molar-refractivity contribution in [3.05, 3.63) is 48.6 Å². The molecule has 10 heteroatoms. The van der Waals surface area contributed by atoms with Gasteiger partial charge in [-0.1, -0.05) is 43.0 Å². The summed E-state index contributed by atoms with van der Waals surface area (Å²) >= 11 is 0. The van der Waals surface area contributed by atoms with Gasteiger partial charge in [-0.2, -0.15) is 5.26 Å². The van der Waals surface area contributed by atoms with Gasteiger partial charge in [0.15, 0.2) is 0 Å². The number of carboxylic acid groups (broad SMARTS) is 1. The molecule has 0 saturated heterocycles. The van der Waals surface area contributed by atoms with E-state index >= 15 is 0 Å². The quantitative estimate of drug-likeness (QED) is 0.132. The fourth-order valence-corrected chi connectivity index (χ4v) is 6.86. The van der Waals surface area contributed by atoms with Crippen molar-refractivity contribution >= 4 is 23.9 Å². The molecule has 246 valence electrons. The van der Waals surface area contributed by atoms with Crippen molar-refractivity contribution in [3.8, 4) is 6.07 Å². The highest BCUT2D eigenvalue weighted by Gasteiger charge is 2.49. The number of fused-ring (bicyclic) bond motifs is 6. The Hall–Kier alpha value is -3.71. The molecule has 0 aromatic rings. The van der Waals surface area contributed by atoms with Crippen LogP contribution in [0.25, 0.3) is 0 Å². The average Bonchev–Trinajstić information content (AvgIpc) is 3.88. The van der Waals surface area contributed by atoms with Crippen LogP contribution in [0.3, 0.4) is 0 Å². The van der Waals surface area contributed by atoms with E-state index in [1.165, 1.54) is 7.11 Å². The van der Waals surface area contributed by atoms with E-state index < -0.39 is 17.4 Å². The number of hydrogen-bond donors (Lipinski definition) is 2. The highest BCUT2D eigenvalue weighted by Crippen LogP contribution is 2.51. The highest BCUT2D eigenvalue weighted by atomic mass is 16.6. The topological polar surface area (TPSA) is 160 Å². The van der Waals surface area contributed by atoms with Gasteiger partial charge in [0.1, 0.15) is 23.9 Å². The third-order valence-electron chi connectivity index (χ3n) is 9.35. The molecule has 0 aromatic carbocycles. The van der Waals surface area contributed by atoms with E-state index in [4.69, 9.17) is 24.9 Å². The van der Waals surface area contributed by atoms with E-state index in [0.29, 0.717) is 17.8 Å². The smallest absolute Gasteiger partial charge is 0.347 e. The van der Waals surface area contributed by atoms with Crippen LogP contribution in [0.15, 0.2) is 48.6 Å². The van der Waals surface area contributed by atoms with Crippen LogP contribution >= 0.6 is 0 Å². The summed E-state index contributed by atoms with van der Waals surface area (Å²) in [5.74, 6) is 0.288. The normalized spacial score (nSPS) is 31.8. The molecule has 0 amide bonds. The predicted octanol–water partition coefficient (Wildman–Crippen LogP) is 5.23. The molecule has 0 aliphatic heterocycles. The molecule has 6 bridgehead atoms. The van der Waals surface area contributed by atoms with E-state index in [9.17, 15) is 19.2 Å². The second kappa shape index (κ2) is 14.6. The third-order valence-corrected chi connectivity index (χ3v) is 9.35. The van der Waals surface area contributed by atoms with Crippen LogP contribution in [0, 0.1) is 45.3 Å². The van der Waals surface area contributed by atoms with Crippen molar-refractivity contribution < 1.29 is 43.6 Å². The molecule has 3 saturated carbocycles. The number of hydrogen-bond acceptors (Lipinski definition) is 9. The van der Waals surface area contributed by atoms with Gasteiger partial charge in [0.05, 0.1) is 30.0 Å². The van der Waals surface area contributed by atoms with Gasteiger partial charge < -0.3 is 24.4 Å². The number of rotatable bonds is 6. The lowest BCUT2D eigenvalue weighted by Crippen LogP contribution is -2.34. The Bertz CT molecular complexity index is 1280. The fraction of sp³-hybridized carbons (Fsp3) is 0.629. The number of carbonyl (C=O) groups excluding carboxylic acids is 3. The standard InChI is InChI=1S/C12H18O2.C10H14O3.C8H10O2.C5H5NO2/c1-11(2,3)14-10(13)12-6-4-9(8-12)5-7-12;11-5-6-13-9(12)10-3-1-8(7-10)2-4-10;9-7(10)8-3-1-6(5-8)2-4-8;1-4(3-6)5(7)8-2/h4,6,9H,5,7-8H2,1-3H3;1,3,8,11H,2,4-7H2;1,3,6H,2,4-5H2,(H,9,10);1H2,2H3. The molecule has 6 aliphatic carbocycles. The first-order chi connectivity index (χ1) is 21.1. The van der Waals surface area contributed by atoms with Crippen LogP contribution in [-0.4, -0.2) is 60.0 Å². The first-order valence-electron chi connectivity index (χ1n) is 15.6. The van der Waals surface area contributed by atoms with E-state index in [0.717, 1.165) is 57.8 Å². The Morgan fingerprint density at radius 1 is 0.867 bits per heavy atom. The number of nitriles is 1. The predicted molar refractivity (Wildman–Crippen MR) is 165 cm³/mol. The molecule has 0 aromatic heterocycles. The molecule has 6 unspecified atom stereocenters. The summed E-state index contributed by atoms with van der Waals surface area (Å²) in [7, 11) is 1.20. The minimum Gasteiger partial charge on any atom is -0.481 e. The van der Waals surface area contributed by atoms with Crippen LogP contribution < -0.4 is 0 Å². The Morgan fingerprint density at radius 2 is 1.31 bits per heavy atom. The van der Waals surface area contributed by atoms with Gasteiger partial charge in [-0.15, -0.1) is 0 Å². The minimum absolute atomic E-state index is 0.0266. The van der Waals surface area contributed by atoms with Crippen molar-refractivity contribution in [1.29, 1.82) is 5.26 Å². The summed E-state index contributed by atoms with van der Waals surface area (Å²) in [6, 6.07) is 1.55. The maximum Gasteiger partial charge on any atom is 0.347 e. The van der Waals surface area contributed by atoms with Crippen LogP contribution in [0.2, 0.25) is 0 Å². The van der Waals surface area contributed by atoms with Crippen molar-refractivity contribution in [2.45, 2.75) is 84.2 Å². The van der Waals surface area contributed by atoms with Crippen LogP contribution in [0.5, 0.6) is 0 Å². The SMILES string of the molecule is C=C(C#N)C(=O)OC.CC(C)(C)OC(=O)C12C=CC(CC1)C2.O=C(O)C12C=CC(CC1)C2.O=C(OCCO)C12C=CC(CC1)C2. The molecule has 2 N–H and O–H groups in total. The zero-order valence-electron chi connectivity index (χ0n) is 26.9. The molecular weight excluding hydrogens is 578 g/mol. The van der Waals surface area contributed by atoms with E-state index in [-0.39, 0.29) is 47.2 Å². The first kappa shape index (κ1) is 35.8. The monoisotopic (exact) mass is 625 g/mol. The van der Waals surface area contributed by atoms with E-state index in [1.54, 1.807) is 6.07 Å². The Morgan fingerprint density at radius 3 is 1.56 bits per heavy atom. The van der Waals surface area contributed by atoms with Crippen LogP contribution in [0.4, 0.5) is 0 Å². The second-order valence-electron chi connectivity index (χ2n) is 13.8. The summed E-state index contributed by atoms with van der Waals surface area (Å²) in [5, 5.41) is 25.4. The zero-order valence-corrected chi connectivity index (χ0v) is 26.9. The number of esters is 3. The summed E-state index contributed by atoms with van der Waals surface area (Å²) in [5.41, 5.74) is -1.59. The maximum absolute atomic E-state index is 12.0. The lowest BCUT2D eigenvalue weighted by atomic mass is 9.88. The molecule has 6 aliphatic rings. The number of aliphatic hydroxyl groups excluding tert-OH is 1. The lowest BCUT2D eigenvalue weighted by molar-refractivity contribution is -0.164. The van der Waals surface area contributed by atoms with E-state index in [2.05, 4.69) is 35.6 Å². The van der Waals surface area contributed by atoms with Gasteiger partial charge in [0, 0.05) is 0 Å². The summed E-state index contributed by atoms with van der Waals surface area (Å²) in [6.45, 7) is 8.91. The molecule has 0 heterocycles. The van der Waals surface area contributed by atoms with Gasteiger partial charge in [-0.25, -0.2) is 4.79 Å². The minimum atomic E-state index is -0.674. The number of nitrogens with zero attached hydrogens (tertiary/aromatic N) is 1. The number of aliphatic carboxylic acids is 1. The Balaban J connectivity index is 0.000000167. The molecule has 6 rings (SSSR count). The fourth-order valence-electron chi connectivity index (χ4n) is 6.86. The number of carboxylic acids is 1.